The molecule has 1 amide bonds. The number of carboxylic acid groups (broad SMARTS) is 1. The molecule has 14 heavy (non-hydrogen) atoms. The van der Waals surface area contributed by atoms with E-state index in [0.717, 1.165) is 0 Å². The van der Waals surface area contributed by atoms with Crippen molar-refractivity contribution < 1.29 is 19.4 Å². The van der Waals surface area contributed by atoms with Crippen LogP contribution in [0.15, 0.2) is 18.3 Å². The van der Waals surface area contributed by atoms with Gasteiger partial charge in [-0.05, 0) is 12.1 Å². The van der Waals surface area contributed by atoms with Crippen LogP contribution in [0.25, 0.3) is 0 Å². The summed E-state index contributed by atoms with van der Waals surface area (Å²) in [7, 11) is 1.20. The van der Waals surface area contributed by atoms with Gasteiger partial charge in [-0.3, -0.25) is 5.32 Å². The second-order valence-corrected chi connectivity index (χ2v) is 2.35. The Bertz CT molecular complexity index is 364. The topological polar surface area (TPSA) is 88.5 Å². The fourth-order valence-corrected chi connectivity index (χ4v) is 0.788. The molecule has 6 heteroatoms. The Labute approximate surface area is 79.5 Å². The molecule has 1 aromatic rings. The molecule has 1 rings (SSSR count). The highest BCUT2D eigenvalue weighted by Gasteiger charge is 2.06. The molecule has 0 aromatic carbocycles. The van der Waals surface area contributed by atoms with E-state index in [4.69, 9.17) is 5.11 Å². The Morgan fingerprint density at radius 3 is 2.86 bits per heavy atom. The van der Waals surface area contributed by atoms with Crippen LogP contribution in [-0.4, -0.2) is 29.3 Å². The number of pyridine rings is 1. The predicted molar refractivity (Wildman–Crippen MR) is 47.2 cm³/mol. The molecule has 6 nitrogen and oxygen atoms in total. The summed E-state index contributed by atoms with van der Waals surface area (Å²) in [5, 5.41) is 10.9. The van der Waals surface area contributed by atoms with Gasteiger partial charge in [-0.1, -0.05) is 0 Å². The smallest absolute Gasteiger partial charge is 0.412 e. The maximum absolute atomic E-state index is 10.7. The molecule has 1 heterocycles. The quantitative estimate of drug-likeness (QED) is 0.735. The van der Waals surface area contributed by atoms with Crippen molar-refractivity contribution >= 4 is 17.9 Å². The van der Waals surface area contributed by atoms with E-state index in [1.807, 2.05) is 0 Å². The predicted octanol–water partition coefficient (Wildman–Crippen LogP) is 0.958. The number of nitrogens with one attached hydrogen (secondary N) is 1. The van der Waals surface area contributed by atoms with Gasteiger partial charge in [-0.15, -0.1) is 0 Å². The van der Waals surface area contributed by atoms with Crippen LogP contribution in [0.5, 0.6) is 0 Å². The minimum absolute atomic E-state index is 0.0476. The second kappa shape index (κ2) is 4.22. The molecule has 0 aliphatic rings. The molecule has 0 spiro atoms. The Balaban J connectivity index is 2.83. The molecule has 0 saturated carbocycles. The van der Waals surface area contributed by atoms with Crippen LogP contribution in [-0.2, 0) is 4.74 Å². The molecule has 2 N–H and O–H groups in total. The lowest BCUT2D eigenvalue weighted by molar-refractivity contribution is 0.0696. The van der Waals surface area contributed by atoms with Crippen LogP contribution in [0.4, 0.5) is 10.6 Å². The van der Waals surface area contributed by atoms with Crippen molar-refractivity contribution in [1.29, 1.82) is 0 Å². The van der Waals surface area contributed by atoms with Gasteiger partial charge < -0.3 is 9.84 Å². The molecule has 74 valence electrons. The van der Waals surface area contributed by atoms with Crippen molar-refractivity contribution in [3.05, 3.63) is 23.9 Å². The SMILES string of the molecule is COC(=O)Nc1cc(C(=O)O)ccn1. The number of amides is 1. The molecule has 0 unspecified atom stereocenters. The number of carbonyl (C=O) groups is 2. The summed E-state index contributed by atoms with van der Waals surface area (Å²) in [6.45, 7) is 0. The van der Waals surface area contributed by atoms with Gasteiger partial charge in [0.05, 0.1) is 12.7 Å². The number of nitrogens with zero attached hydrogens (tertiary/aromatic N) is 1. The number of anilines is 1. The zero-order valence-corrected chi connectivity index (χ0v) is 7.35. The summed E-state index contributed by atoms with van der Waals surface area (Å²) in [6.07, 6.45) is 0.592. The minimum Gasteiger partial charge on any atom is -0.478 e. The fourth-order valence-electron chi connectivity index (χ4n) is 0.788. The standard InChI is InChI=1S/C8H8N2O4/c1-14-8(13)10-6-4-5(7(11)12)2-3-9-6/h2-4H,1H3,(H,11,12)(H,9,10,13). The third kappa shape index (κ3) is 2.44. The van der Waals surface area contributed by atoms with Gasteiger partial charge in [-0.2, -0.15) is 0 Å². The van der Waals surface area contributed by atoms with E-state index in [1.54, 1.807) is 0 Å². The summed E-state index contributed by atoms with van der Waals surface area (Å²) in [5.74, 6) is -0.947. The van der Waals surface area contributed by atoms with E-state index < -0.39 is 12.1 Å². The number of aromatic nitrogens is 1. The summed E-state index contributed by atoms with van der Waals surface area (Å²) >= 11 is 0. The highest BCUT2D eigenvalue weighted by atomic mass is 16.5. The number of aromatic carboxylic acids is 1. The molecule has 0 aliphatic heterocycles. The number of ether oxygens (including phenoxy) is 1. The van der Waals surface area contributed by atoms with Gasteiger partial charge >= 0.3 is 12.1 Å². The van der Waals surface area contributed by atoms with E-state index >= 15 is 0 Å². The van der Waals surface area contributed by atoms with Crippen LogP contribution < -0.4 is 5.32 Å². The summed E-state index contributed by atoms with van der Waals surface area (Å²) in [5.41, 5.74) is 0.0476. The maximum atomic E-state index is 10.7. The van der Waals surface area contributed by atoms with Crippen LogP contribution in [0, 0.1) is 0 Å². The van der Waals surface area contributed by atoms with Gasteiger partial charge in [0, 0.05) is 6.20 Å². The van der Waals surface area contributed by atoms with Gasteiger partial charge in [0.1, 0.15) is 5.82 Å². The molecule has 0 radical (unpaired) electrons. The number of rotatable bonds is 2. The van der Waals surface area contributed by atoms with Crippen LogP contribution in [0.2, 0.25) is 0 Å². The fraction of sp³-hybridized carbons (Fsp3) is 0.125. The molecule has 0 bridgehead atoms. The third-order valence-corrected chi connectivity index (χ3v) is 1.42. The van der Waals surface area contributed by atoms with Crippen molar-refractivity contribution in [2.75, 3.05) is 12.4 Å². The molecule has 0 fully saturated rings. The highest BCUT2D eigenvalue weighted by molar-refractivity contribution is 5.90. The van der Waals surface area contributed by atoms with Crippen molar-refractivity contribution in [2.24, 2.45) is 0 Å². The molecule has 1 aromatic heterocycles. The van der Waals surface area contributed by atoms with Crippen molar-refractivity contribution in [3.8, 4) is 0 Å². The number of hydrogen-bond acceptors (Lipinski definition) is 4. The molecule has 0 aliphatic carbocycles. The first-order valence-electron chi connectivity index (χ1n) is 3.68. The number of carboxylic acids is 1. The van der Waals surface area contributed by atoms with Gasteiger partial charge in [0.2, 0.25) is 0 Å². The van der Waals surface area contributed by atoms with Gasteiger partial charge in [-0.25, -0.2) is 14.6 Å². The number of methoxy groups -OCH3 is 1. The molecular formula is C8H8N2O4. The second-order valence-electron chi connectivity index (χ2n) is 2.35. The van der Waals surface area contributed by atoms with E-state index in [2.05, 4.69) is 15.0 Å². The number of carbonyl (C=O) groups excluding carboxylic acids is 1. The lowest BCUT2D eigenvalue weighted by Crippen LogP contribution is -2.12. The van der Waals surface area contributed by atoms with Crippen LogP contribution in [0.3, 0.4) is 0 Å². The van der Waals surface area contributed by atoms with Crippen LogP contribution >= 0.6 is 0 Å². The van der Waals surface area contributed by atoms with Crippen molar-refractivity contribution in [1.82, 2.24) is 4.98 Å². The molecule has 0 atom stereocenters. The average molecular weight is 196 g/mol. The first kappa shape index (κ1) is 9.97. The summed E-state index contributed by atoms with van der Waals surface area (Å²) in [6, 6.07) is 2.56. The first-order chi connectivity index (χ1) is 6.63. The first-order valence-corrected chi connectivity index (χ1v) is 3.68. The Kier molecular flexibility index (Phi) is 3.01. The highest BCUT2D eigenvalue weighted by Crippen LogP contribution is 2.06. The molecule has 0 saturated heterocycles. The minimum atomic E-state index is -1.08. The largest absolute Gasteiger partial charge is 0.478 e. The Hall–Kier alpha value is -2.11. The zero-order valence-electron chi connectivity index (χ0n) is 7.35. The third-order valence-electron chi connectivity index (χ3n) is 1.42. The van der Waals surface area contributed by atoms with Gasteiger partial charge in [0.25, 0.3) is 0 Å². The Morgan fingerprint density at radius 1 is 1.57 bits per heavy atom. The van der Waals surface area contributed by atoms with E-state index in [0.29, 0.717) is 0 Å². The van der Waals surface area contributed by atoms with Gasteiger partial charge in [0.15, 0.2) is 0 Å². The number of hydrogen-bond donors (Lipinski definition) is 2. The lowest BCUT2D eigenvalue weighted by Gasteiger charge is -2.02. The zero-order chi connectivity index (χ0) is 10.6. The van der Waals surface area contributed by atoms with E-state index in [1.165, 1.54) is 25.4 Å². The van der Waals surface area contributed by atoms with E-state index in [9.17, 15) is 9.59 Å². The normalized spacial score (nSPS) is 9.21. The maximum Gasteiger partial charge on any atom is 0.412 e. The average Bonchev–Trinajstić information content (AvgIpc) is 2.18. The summed E-state index contributed by atoms with van der Waals surface area (Å²) in [4.78, 5) is 25.0. The van der Waals surface area contributed by atoms with Crippen LogP contribution in [0.1, 0.15) is 10.4 Å². The van der Waals surface area contributed by atoms with Crippen molar-refractivity contribution in [2.45, 2.75) is 0 Å². The Morgan fingerprint density at radius 2 is 2.29 bits per heavy atom. The monoisotopic (exact) mass is 196 g/mol. The van der Waals surface area contributed by atoms with Crippen molar-refractivity contribution in [3.63, 3.8) is 0 Å². The van der Waals surface area contributed by atoms with E-state index in [-0.39, 0.29) is 11.4 Å². The molecular weight excluding hydrogens is 188 g/mol. The summed E-state index contributed by atoms with van der Waals surface area (Å²) < 4.78 is 4.32. The lowest BCUT2D eigenvalue weighted by atomic mass is 10.3.